The van der Waals surface area contributed by atoms with Crippen LogP contribution < -0.4 is 5.32 Å². The largest absolute Gasteiger partial charge is 0.383 e. The Bertz CT molecular complexity index is 327. The van der Waals surface area contributed by atoms with Crippen molar-refractivity contribution in [1.29, 1.82) is 0 Å². The van der Waals surface area contributed by atoms with Gasteiger partial charge in [0.1, 0.15) is 0 Å². The number of carbonyl (C=O) groups excluding carboxylic acids is 1. The molecule has 1 N–H and O–H groups in total. The highest BCUT2D eigenvalue weighted by Crippen LogP contribution is 2.04. The zero-order valence-electron chi connectivity index (χ0n) is 10.5. The third kappa shape index (κ3) is 4.87. The first-order chi connectivity index (χ1) is 8.27. The van der Waals surface area contributed by atoms with E-state index in [1.165, 1.54) is 0 Å². The summed E-state index contributed by atoms with van der Waals surface area (Å²) in [5, 5.41) is 3.10. The average Bonchev–Trinajstić information content (AvgIpc) is 2.38. The fourth-order valence-corrected chi connectivity index (χ4v) is 1.51. The first-order valence-corrected chi connectivity index (χ1v) is 5.83. The molecule has 1 amide bonds. The molecule has 4 heteroatoms. The van der Waals surface area contributed by atoms with Crippen molar-refractivity contribution in [3.05, 3.63) is 30.3 Å². The van der Waals surface area contributed by atoms with Gasteiger partial charge in [0.05, 0.1) is 13.2 Å². The molecular weight excluding hydrogens is 216 g/mol. The lowest BCUT2D eigenvalue weighted by Gasteiger charge is -2.20. The van der Waals surface area contributed by atoms with Crippen LogP contribution in [-0.4, -0.2) is 44.2 Å². The van der Waals surface area contributed by atoms with E-state index < -0.39 is 0 Å². The Labute approximate surface area is 103 Å². The van der Waals surface area contributed by atoms with Crippen molar-refractivity contribution in [2.75, 3.05) is 38.7 Å². The number of nitrogens with one attached hydrogen (secondary N) is 1. The highest BCUT2D eigenvalue weighted by molar-refractivity contribution is 5.80. The molecule has 94 valence electrons. The number of likely N-dealkylation sites (N-methyl/N-ethyl adjacent to an activating group) is 1. The molecule has 0 aliphatic rings. The summed E-state index contributed by atoms with van der Waals surface area (Å²) in [5.74, 6) is 0.0911. The fraction of sp³-hybridized carbons (Fsp3) is 0.462. The summed E-state index contributed by atoms with van der Waals surface area (Å²) in [4.78, 5) is 13.6. The van der Waals surface area contributed by atoms with Crippen LogP contribution in [0.25, 0.3) is 0 Å². The van der Waals surface area contributed by atoms with Crippen molar-refractivity contribution in [1.82, 2.24) is 4.90 Å². The quantitative estimate of drug-likeness (QED) is 0.781. The molecule has 1 aromatic rings. The second-order valence-corrected chi connectivity index (χ2v) is 3.69. The lowest BCUT2D eigenvalue weighted by molar-refractivity contribution is -0.129. The van der Waals surface area contributed by atoms with Crippen LogP contribution in [0.5, 0.6) is 0 Å². The molecule has 0 unspecified atom stereocenters. The van der Waals surface area contributed by atoms with Crippen molar-refractivity contribution < 1.29 is 9.53 Å². The van der Waals surface area contributed by atoms with Gasteiger partial charge in [0.2, 0.25) is 5.91 Å². The van der Waals surface area contributed by atoms with Crippen molar-refractivity contribution in [3.63, 3.8) is 0 Å². The number of amides is 1. The van der Waals surface area contributed by atoms with Gasteiger partial charge in [0.25, 0.3) is 0 Å². The summed E-state index contributed by atoms with van der Waals surface area (Å²) in [5.41, 5.74) is 0.962. The number of carbonyl (C=O) groups is 1. The highest BCUT2D eigenvalue weighted by atomic mass is 16.5. The van der Waals surface area contributed by atoms with Crippen LogP contribution in [0.4, 0.5) is 5.69 Å². The van der Waals surface area contributed by atoms with Gasteiger partial charge in [0, 0.05) is 25.9 Å². The number of hydrogen-bond acceptors (Lipinski definition) is 3. The van der Waals surface area contributed by atoms with E-state index in [0.29, 0.717) is 26.2 Å². The van der Waals surface area contributed by atoms with Gasteiger partial charge in [0.15, 0.2) is 0 Å². The van der Waals surface area contributed by atoms with Gasteiger partial charge in [-0.2, -0.15) is 0 Å². The first-order valence-electron chi connectivity index (χ1n) is 5.83. The van der Waals surface area contributed by atoms with Crippen molar-refractivity contribution in [2.45, 2.75) is 6.92 Å². The number of ether oxygens (including phenoxy) is 1. The van der Waals surface area contributed by atoms with Crippen LogP contribution >= 0.6 is 0 Å². The SMILES string of the molecule is CCN(CCOC)C(=O)CNc1ccccc1. The van der Waals surface area contributed by atoms with Crippen LogP contribution in [0.15, 0.2) is 30.3 Å². The molecule has 1 aromatic carbocycles. The van der Waals surface area contributed by atoms with E-state index >= 15 is 0 Å². The molecule has 4 nitrogen and oxygen atoms in total. The predicted molar refractivity (Wildman–Crippen MR) is 69.1 cm³/mol. The molecule has 0 bridgehead atoms. The Balaban J connectivity index is 2.37. The van der Waals surface area contributed by atoms with E-state index in [2.05, 4.69) is 5.32 Å². The summed E-state index contributed by atoms with van der Waals surface area (Å²) in [6.07, 6.45) is 0. The van der Waals surface area contributed by atoms with E-state index in [0.717, 1.165) is 5.69 Å². The van der Waals surface area contributed by atoms with Crippen LogP contribution in [0.2, 0.25) is 0 Å². The smallest absolute Gasteiger partial charge is 0.241 e. The molecule has 1 rings (SSSR count). The molecule has 0 saturated heterocycles. The summed E-state index contributed by atoms with van der Waals surface area (Å²) < 4.78 is 4.97. The van der Waals surface area contributed by atoms with Gasteiger partial charge in [-0.05, 0) is 19.1 Å². The highest BCUT2D eigenvalue weighted by Gasteiger charge is 2.10. The zero-order valence-corrected chi connectivity index (χ0v) is 10.5. The van der Waals surface area contributed by atoms with E-state index in [1.807, 2.05) is 37.3 Å². The molecule has 0 heterocycles. The summed E-state index contributed by atoms with van der Waals surface area (Å²) in [6, 6.07) is 9.71. The second-order valence-electron chi connectivity index (χ2n) is 3.69. The van der Waals surface area contributed by atoms with E-state index in [9.17, 15) is 4.79 Å². The molecule has 0 saturated carbocycles. The Hall–Kier alpha value is -1.55. The van der Waals surface area contributed by atoms with Gasteiger partial charge >= 0.3 is 0 Å². The van der Waals surface area contributed by atoms with Gasteiger partial charge < -0.3 is 15.0 Å². The Morgan fingerprint density at radius 1 is 1.35 bits per heavy atom. The maximum atomic E-state index is 11.9. The minimum absolute atomic E-state index is 0.0911. The molecule has 0 fully saturated rings. The minimum Gasteiger partial charge on any atom is -0.383 e. The molecule has 17 heavy (non-hydrogen) atoms. The summed E-state index contributed by atoms with van der Waals surface area (Å²) >= 11 is 0. The number of hydrogen-bond donors (Lipinski definition) is 1. The molecule has 0 aliphatic carbocycles. The van der Waals surface area contributed by atoms with Gasteiger partial charge in [-0.15, -0.1) is 0 Å². The van der Waals surface area contributed by atoms with Crippen LogP contribution in [0, 0.1) is 0 Å². The van der Waals surface area contributed by atoms with E-state index in [1.54, 1.807) is 12.0 Å². The molecule has 0 radical (unpaired) electrons. The number of nitrogens with zero attached hydrogens (tertiary/aromatic N) is 1. The Morgan fingerprint density at radius 3 is 2.65 bits per heavy atom. The van der Waals surface area contributed by atoms with Crippen LogP contribution in [0.3, 0.4) is 0 Å². The lowest BCUT2D eigenvalue weighted by atomic mass is 10.3. The normalized spacial score (nSPS) is 10.0. The number of anilines is 1. The minimum atomic E-state index is 0.0911. The average molecular weight is 236 g/mol. The third-order valence-corrected chi connectivity index (χ3v) is 2.52. The van der Waals surface area contributed by atoms with E-state index in [-0.39, 0.29) is 5.91 Å². The first kappa shape index (κ1) is 13.5. The number of methoxy groups -OCH3 is 1. The Morgan fingerprint density at radius 2 is 2.06 bits per heavy atom. The third-order valence-electron chi connectivity index (χ3n) is 2.52. The molecule has 0 aliphatic heterocycles. The monoisotopic (exact) mass is 236 g/mol. The van der Waals surface area contributed by atoms with Crippen molar-refractivity contribution >= 4 is 11.6 Å². The molecule has 0 atom stereocenters. The molecular formula is C13H20N2O2. The number of benzene rings is 1. The van der Waals surface area contributed by atoms with Gasteiger partial charge in [-0.1, -0.05) is 18.2 Å². The molecule has 0 aromatic heterocycles. The lowest BCUT2D eigenvalue weighted by Crippen LogP contribution is -2.37. The number of para-hydroxylation sites is 1. The standard InChI is InChI=1S/C13H20N2O2/c1-3-15(9-10-17-2)13(16)11-14-12-7-5-4-6-8-12/h4-8,14H,3,9-11H2,1-2H3. The maximum Gasteiger partial charge on any atom is 0.241 e. The topological polar surface area (TPSA) is 41.6 Å². The molecule has 0 spiro atoms. The second kappa shape index (κ2) is 7.68. The van der Waals surface area contributed by atoms with Crippen LogP contribution in [-0.2, 0) is 9.53 Å². The summed E-state index contributed by atoms with van der Waals surface area (Å²) in [7, 11) is 1.64. The number of rotatable bonds is 7. The summed E-state index contributed by atoms with van der Waals surface area (Å²) in [6.45, 7) is 4.21. The van der Waals surface area contributed by atoms with E-state index in [4.69, 9.17) is 4.74 Å². The Kier molecular flexibility index (Phi) is 6.10. The predicted octanol–water partition coefficient (Wildman–Crippen LogP) is 1.59. The van der Waals surface area contributed by atoms with Crippen molar-refractivity contribution in [2.24, 2.45) is 0 Å². The van der Waals surface area contributed by atoms with Gasteiger partial charge in [-0.3, -0.25) is 4.79 Å². The maximum absolute atomic E-state index is 11.9. The zero-order chi connectivity index (χ0) is 12.5. The van der Waals surface area contributed by atoms with Crippen molar-refractivity contribution in [3.8, 4) is 0 Å². The van der Waals surface area contributed by atoms with Gasteiger partial charge in [-0.25, -0.2) is 0 Å². The van der Waals surface area contributed by atoms with Crippen LogP contribution in [0.1, 0.15) is 6.92 Å². The fourth-order valence-electron chi connectivity index (χ4n) is 1.51.